The molecular weight excluding hydrogens is 294 g/mol. The molecule has 2 aromatic rings. The van der Waals surface area contributed by atoms with Crippen molar-refractivity contribution in [1.29, 1.82) is 0 Å². The Kier molecular flexibility index (Phi) is 5.16. The number of carboxylic acid groups (broad SMARTS) is 1. The van der Waals surface area contributed by atoms with Gasteiger partial charge in [0.15, 0.2) is 0 Å². The number of nitrogens with zero attached hydrogens (tertiary/aromatic N) is 3. The molecule has 122 valence electrons. The van der Waals surface area contributed by atoms with Gasteiger partial charge < -0.3 is 10.0 Å². The Morgan fingerprint density at radius 2 is 1.96 bits per heavy atom. The Labute approximate surface area is 135 Å². The molecule has 0 fully saturated rings. The number of aliphatic carboxylic acids is 1. The molecule has 1 amide bonds. The number of carbonyl (C=O) groups is 2. The van der Waals surface area contributed by atoms with Gasteiger partial charge in [0.25, 0.3) is 5.91 Å². The van der Waals surface area contributed by atoms with Crippen molar-refractivity contribution >= 4 is 11.9 Å². The number of aryl methyl sites for hydroxylation is 1. The first kappa shape index (κ1) is 16.7. The zero-order valence-corrected chi connectivity index (χ0v) is 13.6. The second kappa shape index (κ2) is 7.09. The molecule has 2 rings (SSSR count). The summed E-state index contributed by atoms with van der Waals surface area (Å²) >= 11 is 0. The molecule has 0 saturated carbocycles. The summed E-state index contributed by atoms with van der Waals surface area (Å²) in [6, 6.07) is 7.85. The molecule has 23 heavy (non-hydrogen) atoms. The highest BCUT2D eigenvalue weighted by Gasteiger charge is 2.19. The van der Waals surface area contributed by atoms with E-state index in [1.165, 1.54) is 4.90 Å². The van der Waals surface area contributed by atoms with Crippen LogP contribution in [0.15, 0.2) is 30.5 Å². The van der Waals surface area contributed by atoms with Gasteiger partial charge in [-0.2, -0.15) is 5.10 Å². The molecule has 0 aliphatic rings. The molecule has 0 aliphatic carbocycles. The smallest absolute Gasteiger partial charge is 0.303 e. The van der Waals surface area contributed by atoms with Gasteiger partial charge in [-0.1, -0.05) is 18.2 Å². The monoisotopic (exact) mass is 315 g/mol. The minimum atomic E-state index is -0.852. The maximum Gasteiger partial charge on any atom is 0.303 e. The molecule has 0 radical (unpaired) electrons. The summed E-state index contributed by atoms with van der Waals surface area (Å²) in [7, 11) is 1.68. The molecule has 0 atom stereocenters. The predicted molar refractivity (Wildman–Crippen MR) is 86.9 cm³/mol. The van der Waals surface area contributed by atoms with Crippen LogP contribution in [0.4, 0.5) is 0 Å². The highest BCUT2D eigenvalue weighted by Crippen LogP contribution is 2.18. The average Bonchev–Trinajstić information content (AvgIpc) is 2.88. The number of hydrogen-bond donors (Lipinski definition) is 1. The van der Waals surface area contributed by atoms with Crippen LogP contribution in [-0.4, -0.2) is 45.3 Å². The summed E-state index contributed by atoms with van der Waals surface area (Å²) in [5.74, 6) is -0.998. The lowest BCUT2D eigenvalue weighted by Gasteiger charge is -2.16. The van der Waals surface area contributed by atoms with Crippen LogP contribution in [0.25, 0.3) is 5.69 Å². The van der Waals surface area contributed by atoms with Crippen molar-refractivity contribution in [2.24, 2.45) is 0 Å². The molecule has 1 heterocycles. The maximum atomic E-state index is 12.5. The summed E-state index contributed by atoms with van der Waals surface area (Å²) in [5, 5.41) is 13.0. The fourth-order valence-electron chi connectivity index (χ4n) is 2.44. The third-order valence-corrected chi connectivity index (χ3v) is 3.81. The van der Waals surface area contributed by atoms with Crippen molar-refractivity contribution in [3.63, 3.8) is 0 Å². The third kappa shape index (κ3) is 3.77. The van der Waals surface area contributed by atoms with Crippen molar-refractivity contribution < 1.29 is 14.7 Å². The van der Waals surface area contributed by atoms with E-state index in [-0.39, 0.29) is 12.3 Å². The van der Waals surface area contributed by atoms with E-state index in [2.05, 4.69) is 5.10 Å². The van der Waals surface area contributed by atoms with Gasteiger partial charge in [-0.15, -0.1) is 0 Å². The molecule has 1 N–H and O–H groups in total. The van der Waals surface area contributed by atoms with E-state index in [9.17, 15) is 9.59 Å². The Morgan fingerprint density at radius 1 is 1.26 bits per heavy atom. The standard InChI is InChI=1S/C17H21N3O3/c1-12-7-4-5-8-15(12)20-13(2)14(11-18-20)17(23)19(3)10-6-9-16(21)22/h4-5,7-8,11H,6,9-10H2,1-3H3,(H,21,22). The molecule has 0 aliphatic heterocycles. The van der Waals surface area contributed by atoms with Crippen LogP contribution in [0.2, 0.25) is 0 Å². The molecule has 0 saturated heterocycles. The van der Waals surface area contributed by atoms with Crippen molar-refractivity contribution in [2.75, 3.05) is 13.6 Å². The van der Waals surface area contributed by atoms with E-state index in [0.29, 0.717) is 18.5 Å². The van der Waals surface area contributed by atoms with E-state index in [4.69, 9.17) is 5.11 Å². The van der Waals surface area contributed by atoms with Crippen LogP contribution in [0.1, 0.15) is 34.5 Å². The normalized spacial score (nSPS) is 10.6. The minimum absolute atomic E-state index is 0.0546. The summed E-state index contributed by atoms with van der Waals surface area (Å²) in [6.07, 6.45) is 2.05. The van der Waals surface area contributed by atoms with Crippen molar-refractivity contribution in [3.8, 4) is 5.69 Å². The van der Waals surface area contributed by atoms with Crippen LogP contribution in [0.5, 0.6) is 0 Å². The van der Waals surface area contributed by atoms with Crippen molar-refractivity contribution in [1.82, 2.24) is 14.7 Å². The van der Waals surface area contributed by atoms with Gasteiger partial charge >= 0.3 is 5.97 Å². The zero-order chi connectivity index (χ0) is 17.0. The number of benzene rings is 1. The highest BCUT2D eigenvalue weighted by molar-refractivity contribution is 5.95. The highest BCUT2D eigenvalue weighted by atomic mass is 16.4. The first-order valence-corrected chi connectivity index (χ1v) is 7.49. The van der Waals surface area contributed by atoms with Crippen molar-refractivity contribution in [3.05, 3.63) is 47.3 Å². The molecular formula is C17H21N3O3. The number of amides is 1. The maximum absolute atomic E-state index is 12.5. The van der Waals surface area contributed by atoms with Gasteiger partial charge in [0.2, 0.25) is 0 Å². The van der Waals surface area contributed by atoms with E-state index in [0.717, 1.165) is 16.9 Å². The molecule has 0 spiro atoms. The lowest BCUT2D eigenvalue weighted by atomic mass is 10.2. The largest absolute Gasteiger partial charge is 0.481 e. The SMILES string of the molecule is Cc1ccccc1-n1ncc(C(=O)N(C)CCCC(=O)O)c1C. The van der Waals surface area contributed by atoms with Crippen LogP contribution < -0.4 is 0 Å². The van der Waals surface area contributed by atoms with Crippen LogP contribution in [0, 0.1) is 13.8 Å². The van der Waals surface area contributed by atoms with Gasteiger partial charge in [0.05, 0.1) is 23.1 Å². The number of carboxylic acids is 1. The topological polar surface area (TPSA) is 75.4 Å². The Balaban J connectivity index is 2.17. The van der Waals surface area contributed by atoms with Crippen molar-refractivity contribution in [2.45, 2.75) is 26.7 Å². The molecule has 1 aromatic carbocycles. The molecule has 1 aromatic heterocycles. The van der Waals surface area contributed by atoms with Gasteiger partial charge in [-0.05, 0) is 31.9 Å². The Hall–Kier alpha value is -2.63. The second-order valence-electron chi connectivity index (χ2n) is 5.57. The molecule has 0 bridgehead atoms. The van der Waals surface area contributed by atoms with E-state index in [1.807, 2.05) is 38.1 Å². The first-order chi connectivity index (χ1) is 10.9. The summed E-state index contributed by atoms with van der Waals surface area (Å²) in [4.78, 5) is 24.6. The lowest BCUT2D eigenvalue weighted by molar-refractivity contribution is -0.137. The number of carbonyl (C=O) groups excluding carboxylic acids is 1. The second-order valence-corrected chi connectivity index (χ2v) is 5.57. The van der Waals surface area contributed by atoms with Crippen LogP contribution >= 0.6 is 0 Å². The van der Waals surface area contributed by atoms with Gasteiger partial charge in [-0.3, -0.25) is 9.59 Å². The third-order valence-electron chi connectivity index (χ3n) is 3.81. The van der Waals surface area contributed by atoms with Crippen LogP contribution in [-0.2, 0) is 4.79 Å². The first-order valence-electron chi connectivity index (χ1n) is 7.49. The number of para-hydroxylation sites is 1. The molecule has 6 heteroatoms. The van der Waals surface area contributed by atoms with Gasteiger partial charge in [0, 0.05) is 20.0 Å². The predicted octanol–water partition coefficient (Wildman–Crippen LogP) is 2.43. The van der Waals surface area contributed by atoms with E-state index < -0.39 is 5.97 Å². The molecule has 6 nitrogen and oxygen atoms in total. The minimum Gasteiger partial charge on any atom is -0.481 e. The van der Waals surface area contributed by atoms with Gasteiger partial charge in [-0.25, -0.2) is 4.68 Å². The van der Waals surface area contributed by atoms with Gasteiger partial charge in [0.1, 0.15) is 0 Å². The number of rotatable bonds is 6. The number of aromatic nitrogens is 2. The summed E-state index contributed by atoms with van der Waals surface area (Å²) in [5.41, 5.74) is 3.32. The fraction of sp³-hybridized carbons (Fsp3) is 0.353. The zero-order valence-electron chi connectivity index (χ0n) is 13.6. The average molecular weight is 315 g/mol. The number of hydrogen-bond acceptors (Lipinski definition) is 3. The van der Waals surface area contributed by atoms with E-state index in [1.54, 1.807) is 17.9 Å². The lowest BCUT2D eigenvalue weighted by Crippen LogP contribution is -2.28. The summed E-state index contributed by atoms with van der Waals surface area (Å²) in [6.45, 7) is 4.26. The quantitative estimate of drug-likeness (QED) is 0.888. The Morgan fingerprint density at radius 3 is 2.61 bits per heavy atom. The Bertz CT molecular complexity index is 722. The van der Waals surface area contributed by atoms with Crippen LogP contribution in [0.3, 0.4) is 0 Å². The molecule has 0 unspecified atom stereocenters. The summed E-state index contributed by atoms with van der Waals surface area (Å²) < 4.78 is 1.76. The van der Waals surface area contributed by atoms with E-state index >= 15 is 0 Å². The fourth-order valence-corrected chi connectivity index (χ4v) is 2.44.